The number of rotatable bonds is 6. The van der Waals surface area contributed by atoms with E-state index < -0.39 is 0 Å². The van der Waals surface area contributed by atoms with Crippen molar-refractivity contribution in [3.8, 4) is 0 Å². The minimum absolute atomic E-state index is 0.787. The van der Waals surface area contributed by atoms with E-state index in [-0.39, 0.29) is 0 Å². The first-order chi connectivity index (χ1) is 5.88. The van der Waals surface area contributed by atoms with Gasteiger partial charge in [-0.1, -0.05) is 13.3 Å². The van der Waals surface area contributed by atoms with Crippen LogP contribution in [0.5, 0.6) is 0 Å². The van der Waals surface area contributed by atoms with E-state index in [1.807, 2.05) is 0 Å². The van der Waals surface area contributed by atoms with E-state index >= 15 is 0 Å². The third-order valence-corrected chi connectivity index (χ3v) is 4.03. The van der Waals surface area contributed by atoms with Crippen LogP contribution in [0, 0.1) is 5.92 Å². The zero-order chi connectivity index (χ0) is 8.81. The molecule has 1 unspecified atom stereocenters. The molecule has 1 aliphatic carbocycles. The molecule has 0 heterocycles. The first-order valence-electron chi connectivity index (χ1n) is 5.13. The minimum Gasteiger partial charge on any atom is -0.316 e. The minimum atomic E-state index is 0.787. The molecule has 2 heteroatoms. The Morgan fingerprint density at radius 3 is 2.67 bits per heavy atom. The van der Waals surface area contributed by atoms with Crippen LogP contribution in [0.3, 0.4) is 0 Å². The summed E-state index contributed by atoms with van der Waals surface area (Å²) in [6.07, 6.45) is 5.68. The molecule has 0 amide bonds. The van der Waals surface area contributed by atoms with Gasteiger partial charge in [-0.05, 0) is 38.0 Å². The Labute approximate surface area is 80.7 Å². The summed E-state index contributed by atoms with van der Waals surface area (Å²) in [6, 6.07) is 0.787. The summed E-state index contributed by atoms with van der Waals surface area (Å²) >= 11 is 2.10. The first-order valence-corrected chi connectivity index (χ1v) is 6.29. The van der Waals surface area contributed by atoms with Gasteiger partial charge in [0.05, 0.1) is 0 Å². The van der Waals surface area contributed by atoms with Crippen LogP contribution in [0.4, 0.5) is 0 Å². The van der Waals surface area contributed by atoms with Gasteiger partial charge in [-0.15, -0.1) is 0 Å². The Morgan fingerprint density at radius 2 is 2.25 bits per heavy atom. The molecule has 0 aromatic carbocycles. The van der Waals surface area contributed by atoms with Crippen molar-refractivity contribution in [2.75, 3.05) is 18.6 Å². The lowest BCUT2D eigenvalue weighted by molar-refractivity contribution is 0.252. The van der Waals surface area contributed by atoms with Crippen molar-refractivity contribution in [1.29, 1.82) is 0 Å². The molecule has 1 fully saturated rings. The SMILES string of the molecule is CCCSCC(NC)C1CCC1. The van der Waals surface area contributed by atoms with Crippen LogP contribution in [-0.2, 0) is 0 Å². The van der Waals surface area contributed by atoms with E-state index in [0.717, 1.165) is 12.0 Å². The first kappa shape index (κ1) is 10.4. The fraction of sp³-hybridized carbons (Fsp3) is 1.00. The van der Waals surface area contributed by atoms with E-state index in [2.05, 4.69) is 31.1 Å². The number of thioether (sulfide) groups is 1. The van der Waals surface area contributed by atoms with Gasteiger partial charge >= 0.3 is 0 Å². The highest BCUT2D eigenvalue weighted by molar-refractivity contribution is 7.99. The zero-order valence-corrected chi connectivity index (χ0v) is 9.12. The van der Waals surface area contributed by atoms with E-state index in [1.54, 1.807) is 0 Å². The Bertz CT molecular complexity index is 112. The van der Waals surface area contributed by atoms with E-state index in [4.69, 9.17) is 0 Å². The van der Waals surface area contributed by atoms with Gasteiger partial charge in [0.15, 0.2) is 0 Å². The smallest absolute Gasteiger partial charge is 0.0183 e. The van der Waals surface area contributed by atoms with Crippen molar-refractivity contribution >= 4 is 11.8 Å². The Balaban J connectivity index is 2.07. The van der Waals surface area contributed by atoms with Crippen molar-refractivity contribution in [1.82, 2.24) is 5.32 Å². The second kappa shape index (κ2) is 5.87. The van der Waals surface area contributed by atoms with Crippen LogP contribution >= 0.6 is 11.8 Å². The van der Waals surface area contributed by atoms with Crippen LogP contribution in [0.2, 0.25) is 0 Å². The summed E-state index contributed by atoms with van der Waals surface area (Å²) in [5.74, 6) is 3.62. The molecule has 0 saturated heterocycles. The molecule has 0 radical (unpaired) electrons. The maximum absolute atomic E-state index is 3.44. The summed E-state index contributed by atoms with van der Waals surface area (Å²) < 4.78 is 0. The highest BCUT2D eigenvalue weighted by Crippen LogP contribution is 2.30. The topological polar surface area (TPSA) is 12.0 Å². The Hall–Kier alpha value is 0.310. The summed E-state index contributed by atoms with van der Waals surface area (Å²) in [6.45, 7) is 2.25. The van der Waals surface area contributed by atoms with Crippen molar-refractivity contribution in [3.63, 3.8) is 0 Å². The van der Waals surface area contributed by atoms with Crippen LogP contribution in [0.1, 0.15) is 32.6 Å². The predicted molar refractivity (Wildman–Crippen MR) is 57.8 cm³/mol. The van der Waals surface area contributed by atoms with Gasteiger partial charge in [-0.2, -0.15) is 11.8 Å². The normalized spacial score (nSPS) is 20.5. The van der Waals surface area contributed by atoms with Crippen LogP contribution < -0.4 is 5.32 Å². The molecule has 1 N–H and O–H groups in total. The molecule has 1 saturated carbocycles. The van der Waals surface area contributed by atoms with Gasteiger partial charge in [0, 0.05) is 11.8 Å². The maximum Gasteiger partial charge on any atom is 0.0183 e. The molecule has 0 spiro atoms. The van der Waals surface area contributed by atoms with Crippen molar-refractivity contribution in [3.05, 3.63) is 0 Å². The second-order valence-electron chi connectivity index (χ2n) is 3.66. The number of hydrogen-bond acceptors (Lipinski definition) is 2. The molecule has 1 aliphatic rings. The number of nitrogens with one attached hydrogen (secondary N) is 1. The molecule has 1 nitrogen and oxygen atoms in total. The van der Waals surface area contributed by atoms with Crippen LogP contribution in [0.15, 0.2) is 0 Å². The van der Waals surface area contributed by atoms with Gasteiger partial charge in [0.25, 0.3) is 0 Å². The predicted octanol–water partition coefficient (Wildman–Crippen LogP) is 2.52. The zero-order valence-electron chi connectivity index (χ0n) is 8.31. The fourth-order valence-electron chi connectivity index (χ4n) is 1.65. The van der Waals surface area contributed by atoms with E-state index in [0.29, 0.717) is 0 Å². The van der Waals surface area contributed by atoms with Crippen LogP contribution in [0.25, 0.3) is 0 Å². The highest BCUT2D eigenvalue weighted by atomic mass is 32.2. The molecule has 12 heavy (non-hydrogen) atoms. The lowest BCUT2D eigenvalue weighted by Gasteiger charge is -2.33. The summed E-state index contributed by atoms with van der Waals surface area (Å²) in [5, 5.41) is 3.44. The van der Waals surface area contributed by atoms with Crippen molar-refractivity contribution < 1.29 is 0 Å². The Kier molecular flexibility index (Phi) is 5.08. The van der Waals surface area contributed by atoms with E-state index in [9.17, 15) is 0 Å². The summed E-state index contributed by atoms with van der Waals surface area (Å²) in [4.78, 5) is 0. The second-order valence-corrected chi connectivity index (χ2v) is 4.81. The third-order valence-electron chi connectivity index (χ3n) is 2.74. The van der Waals surface area contributed by atoms with Crippen LogP contribution in [-0.4, -0.2) is 24.6 Å². The number of hydrogen-bond donors (Lipinski definition) is 1. The maximum atomic E-state index is 3.44. The van der Waals surface area contributed by atoms with Crippen molar-refractivity contribution in [2.24, 2.45) is 5.92 Å². The third kappa shape index (κ3) is 2.98. The Morgan fingerprint density at radius 1 is 1.50 bits per heavy atom. The van der Waals surface area contributed by atoms with Gasteiger partial charge in [0.1, 0.15) is 0 Å². The van der Waals surface area contributed by atoms with Crippen molar-refractivity contribution in [2.45, 2.75) is 38.6 Å². The lowest BCUT2D eigenvalue weighted by atomic mass is 9.80. The quantitative estimate of drug-likeness (QED) is 0.641. The molecular formula is C10H21NS. The molecule has 1 atom stereocenters. The summed E-state index contributed by atoms with van der Waals surface area (Å²) in [5.41, 5.74) is 0. The average molecular weight is 187 g/mol. The molecule has 1 rings (SSSR count). The highest BCUT2D eigenvalue weighted by Gasteiger charge is 2.25. The summed E-state index contributed by atoms with van der Waals surface area (Å²) in [7, 11) is 2.11. The van der Waals surface area contributed by atoms with E-state index in [1.165, 1.54) is 37.2 Å². The van der Waals surface area contributed by atoms with Gasteiger partial charge in [-0.3, -0.25) is 0 Å². The van der Waals surface area contributed by atoms with Gasteiger partial charge in [0.2, 0.25) is 0 Å². The standard InChI is InChI=1S/C10H21NS/c1-3-7-12-8-10(11-2)9-5-4-6-9/h9-11H,3-8H2,1-2H3. The molecule has 72 valence electrons. The molecule has 0 bridgehead atoms. The molecular weight excluding hydrogens is 166 g/mol. The average Bonchev–Trinajstić information content (AvgIpc) is 1.99. The monoisotopic (exact) mass is 187 g/mol. The molecule has 0 aromatic heterocycles. The largest absolute Gasteiger partial charge is 0.316 e. The van der Waals surface area contributed by atoms with Gasteiger partial charge < -0.3 is 5.32 Å². The fourth-order valence-corrected chi connectivity index (χ4v) is 2.80. The van der Waals surface area contributed by atoms with Gasteiger partial charge in [-0.25, -0.2) is 0 Å². The molecule has 0 aromatic rings. The molecule has 0 aliphatic heterocycles. The lowest BCUT2D eigenvalue weighted by Crippen LogP contribution is -2.39.